The minimum Gasteiger partial charge on any atom is -0.444 e. The minimum atomic E-state index is -0.471. The molecule has 134 valence electrons. The van der Waals surface area contributed by atoms with Crippen molar-refractivity contribution < 1.29 is 14.3 Å². The Kier molecular flexibility index (Phi) is 4.65. The molecule has 2 aromatic rings. The third-order valence-corrected chi connectivity index (χ3v) is 4.24. The van der Waals surface area contributed by atoms with E-state index in [1.807, 2.05) is 49.8 Å². The van der Waals surface area contributed by atoms with Crippen LogP contribution in [0.15, 0.2) is 24.4 Å². The fourth-order valence-electron chi connectivity index (χ4n) is 3.02. The number of nitrogens with one attached hydrogen (secondary N) is 1. The Bertz CT molecular complexity index is 770. The Morgan fingerprint density at radius 3 is 2.68 bits per heavy atom. The lowest BCUT2D eigenvalue weighted by atomic mass is 10.1. The predicted octanol–water partition coefficient (Wildman–Crippen LogP) is 3.18. The van der Waals surface area contributed by atoms with E-state index in [-0.39, 0.29) is 12.1 Å². The molecule has 1 aliphatic heterocycles. The number of nitrogens with zero attached hydrogens (tertiary/aromatic N) is 3. The standard InChI is InChI=1S/C18H24N4O3/c1-18(2,3)25-17(24)21-8-6-15(7-9-21)22-11-13-4-5-14(19-12-23)10-16(13)20-22/h4-5,10-12,15H,6-9H2,1-3H3,(H,19,23). The molecule has 7 nitrogen and oxygen atoms in total. The van der Waals surface area contributed by atoms with Crippen molar-refractivity contribution >= 4 is 29.1 Å². The Balaban J connectivity index is 1.65. The molecule has 1 saturated heterocycles. The number of piperidine rings is 1. The van der Waals surface area contributed by atoms with Crippen LogP contribution in [0.1, 0.15) is 39.7 Å². The summed E-state index contributed by atoms with van der Waals surface area (Å²) in [5.74, 6) is 0. The van der Waals surface area contributed by atoms with Crippen molar-refractivity contribution in [1.29, 1.82) is 0 Å². The summed E-state index contributed by atoms with van der Waals surface area (Å²) in [5.41, 5.74) is 1.11. The van der Waals surface area contributed by atoms with Crippen LogP contribution in [0.2, 0.25) is 0 Å². The number of anilines is 1. The smallest absolute Gasteiger partial charge is 0.410 e. The highest BCUT2D eigenvalue weighted by Crippen LogP contribution is 2.26. The third-order valence-electron chi connectivity index (χ3n) is 4.24. The van der Waals surface area contributed by atoms with Crippen molar-refractivity contribution in [2.45, 2.75) is 45.3 Å². The highest BCUT2D eigenvalue weighted by molar-refractivity contribution is 5.84. The molecule has 1 aromatic carbocycles. The van der Waals surface area contributed by atoms with Gasteiger partial charge >= 0.3 is 6.09 Å². The Morgan fingerprint density at radius 2 is 2.04 bits per heavy atom. The minimum absolute atomic E-state index is 0.249. The van der Waals surface area contributed by atoms with Crippen molar-refractivity contribution in [1.82, 2.24) is 14.7 Å². The molecular weight excluding hydrogens is 320 g/mol. The number of aromatic nitrogens is 2. The molecule has 3 rings (SSSR count). The lowest BCUT2D eigenvalue weighted by molar-refractivity contribution is -0.105. The summed E-state index contributed by atoms with van der Waals surface area (Å²) in [4.78, 5) is 24.5. The first-order valence-electron chi connectivity index (χ1n) is 8.53. The van der Waals surface area contributed by atoms with Gasteiger partial charge in [0.05, 0.1) is 11.6 Å². The fourth-order valence-corrected chi connectivity index (χ4v) is 3.02. The van der Waals surface area contributed by atoms with Crippen LogP contribution in [0, 0.1) is 0 Å². The molecule has 0 bridgehead atoms. The number of fused-ring (bicyclic) bond motifs is 1. The monoisotopic (exact) mass is 344 g/mol. The normalized spacial score (nSPS) is 16.0. The van der Waals surface area contributed by atoms with Gasteiger partial charge in [0.1, 0.15) is 5.60 Å². The number of hydrogen-bond acceptors (Lipinski definition) is 4. The van der Waals surface area contributed by atoms with Gasteiger partial charge in [-0.25, -0.2) is 4.79 Å². The number of likely N-dealkylation sites (tertiary alicyclic amines) is 1. The first-order valence-corrected chi connectivity index (χ1v) is 8.53. The van der Waals surface area contributed by atoms with Gasteiger partial charge in [-0.2, -0.15) is 5.10 Å². The Hall–Kier alpha value is -2.57. The highest BCUT2D eigenvalue weighted by atomic mass is 16.6. The zero-order valence-electron chi connectivity index (χ0n) is 14.9. The maximum atomic E-state index is 12.1. The molecular formula is C18H24N4O3. The molecule has 1 N–H and O–H groups in total. The third kappa shape index (κ3) is 4.10. The summed E-state index contributed by atoms with van der Waals surface area (Å²) in [7, 11) is 0. The van der Waals surface area contributed by atoms with Crippen LogP contribution in [-0.4, -0.2) is 45.9 Å². The number of benzene rings is 1. The van der Waals surface area contributed by atoms with E-state index in [0.717, 1.165) is 29.4 Å². The molecule has 0 spiro atoms. The van der Waals surface area contributed by atoms with Crippen molar-refractivity contribution in [3.05, 3.63) is 24.4 Å². The molecule has 1 fully saturated rings. The van der Waals surface area contributed by atoms with Gasteiger partial charge < -0.3 is 15.0 Å². The van der Waals surface area contributed by atoms with Crippen molar-refractivity contribution in [3.63, 3.8) is 0 Å². The van der Waals surface area contributed by atoms with Gasteiger partial charge in [-0.15, -0.1) is 0 Å². The topological polar surface area (TPSA) is 76.5 Å². The van der Waals surface area contributed by atoms with Gasteiger partial charge in [0.25, 0.3) is 0 Å². The average molecular weight is 344 g/mol. The van der Waals surface area contributed by atoms with Gasteiger partial charge in [0.2, 0.25) is 6.41 Å². The molecule has 0 aliphatic carbocycles. The molecule has 0 saturated carbocycles. The zero-order chi connectivity index (χ0) is 18.0. The fraction of sp³-hybridized carbons (Fsp3) is 0.500. The summed E-state index contributed by atoms with van der Waals surface area (Å²) in [6, 6.07) is 5.92. The van der Waals surface area contributed by atoms with Crippen LogP contribution in [0.25, 0.3) is 10.9 Å². The number of hydrogen-bond donors (Lipinski definition) is 1. The number of rotatable bonds is 3. The molecule has 1 aliphatic rings. The number of carbonyl (C=O) groups is 2. The Labute approximate surface area is 146 Å². The second-order valence-corrected chi connectivity index (χ2v) is 7.34. The van der Waals surface area contributed by atoms with Crippen molar-refractivity contribution in [2.75, 3.05) is 18.4 Å². The van der Waals surface area contributed by atoms with Crippen molar-refractivity contribution in [3.8, 4) is 0 Å². The maximum absolute atomic E-state index is 12.1. The van der Waals surface area contributed by atoms with E-state index in [0.29, 0.717) is 19.5 Å². The second-order valence-electron chi connectivity index (χ2n) is 7.34. The number of amides is 2. The maximum Gasteiger partial charge on any atom is 0.410 e. The molecule has 2 amide bonds. The predicted molar refractivity (Wildman–Crippen MR) is 95.5 cm³/mol. The van der Waals surface area contributed by atoms with Crippen LogP contribution in [0.5, 0.6) is 0 Å². The van der Waals surface area contributed by atoms with E-state index >= 15 is 0 Å². The van der Waals surface area contributed by atoms with Crippen LogP contribution >= 0.6 is 0 Å². The number of carbonyl (C=O) groups excluding carboxylic acids is 2. The van der Waals surface area contributed by atoms with E-state index in [1.54, 1.807) is 4.90 Å². The lowest BCUT2D eigenvalue weighted by Gasteiger charge is -2.33. The van der Waals surface area contributed by atoms with Gasteiger partial charge in [-0.05, 0) is 51.8 Å². The van der Waals surface area contributed by atoms with E-state index in [9.17, 15) is 9.59 Å². The molecule has 0 atom stereocenters. The molecule has 0 unspecified atom stereocenters. The van der Waals surface area contributed by atoms with Crippen LogP contribution in [-0.2, 0) is 9.53 Å². The van der Waals surface area contributed by atoms with Gasteiger partial charge in [0, 0.05) is 30.4 Å². The van der Waals surface area contributed by atoms with Gasteiger partial charge in [-0.1, -0.05) is 0 Å². The van der Waals surface area contributed by atoms with E-state index in [2.05, 4.69) is 10.4 Å². The van der Waals surface area contributed by atoms with Crippen LogP contribution < -0.4 is 5.32 Å². The van der Waals surface area contributed by atoms with E-state index in [1.165, 1.54) is 0 Å². The average Bonchev–Trinajstić information content (AvgIpc) is 2.97. The lowest BCUT2D eigenvalue weighted by Crippen LogP contribution is -2.42. The molecule has 25 heavy (non-hydrogen) atoms. The SMILES string of the molecule is CC(C)(C)OC(=O)N1CCC(n2cc3ccc(NC=O)cc3n2)CC1. The summed E-state index contributed by atoms with van der Waals surface area (Å²) in [6.07, 6.45) is 4.11. The van der Waals surface area contributed by atoms with E-state index < -0.39 is 5.60 Å². The first kappa shape index (κ1) is 17.3. The Morgan fingerprint density at radius 1 is 1.32 bits per heavy atom. The quantitative estimate of drug-likeness (QED) is 0.868. The van der Waals surface area contributed by atoms with Crippen LogP contribution in [0.4, 0.5) is 10.5 Å². The largest absolute Gasteiger partial charge is 0.444 e. The second kappa shape index (κ2) is 6.74. The molecule has 2 heterocycles. The summed E-state index contributed by atoms with van der Waals surface area (Å²) >= 11 is 0. The van der Waals surface area contributed by atoms with Crippen molar-refractivity contribution in [2.24, 2.45) is 0 Å². The molecule has 1 aromatic heterocycles. The van der Waals surface area contributed by atoms with E-state index in [4.69, 9.17) is 4.74 Å². The van der Waals surface area contributed by atoms with Crippen LogP contribution in [0.3, 0.4) is 0 Å². The summed E-state index contributed by atoms with van der Waals surface area (Å²) < 4.78 is 7.41. The molecule has 0 radical (unpaired) electrons. The molecule has 7 heteroatoms. The van der Waals surface area contributed by atoms with Gasteiger partial charge in [0.15, 0.2) is 0 Å². The first-order chi connectivity index (χ1) is 11.9. The summed E-state index contributed by atoms with van der Waals surface area (Å²) in [5, 5.41) is 8.31. The number of ether oxygens (including phenoxy) is 1. The summed E-state index contributed by atoms with van der Waals surface area (Å²) in [6.45, 7) is 6.95. The van der Waals surface area contributed by atoms with Gasteiger partial charge in [-0.3, -0.25) is 9.48 Å². The highest BCUT2D eigenvalue weighted by Gasteiger charge is 2.27. The zero-order valence-corrected chi connectivity index (χ0v) is 14.9.